The Balaban J connectivity index is 1.53. The first-order valence-electron chi connectivity index (χ1n) is 8.92. The van der Waals surface area contributed by atoms with E-state index >= 15 is 0 Å². The number of amides is 1. The molecule has 2 aromatic rings. The minimum atomic E-state index is -0.183. The van der Waals surface area contributed by atoms with Crippen LogP contribution in [0.5, 0.6) is 0 Å². The van der Waals surface area contributed by atoms with Crippen LogP contribution in [0, 0.1) is 0 Å². The molecule has 1 aromatic carbocycles. The van der Waals surface area contributed by atoms with Gasteiger partial charge in [-0.3, -0.25) is 4.79 Å². The predicted molar refractivity (Wildman–Crippen MR) is 105 cm³/mol. The van der Waals surface area contributed by atoms with Crippen molar-refractivity contribution in [3.63, 3.8) is 0 Å². The third kappa shape index (κ3) is 5.08. The zero-order chi connectivity index (χ0) is 18.4. The molecular weight excluding hydrogens is 371 g/mol. The van der Waals surface area contributed by atoms with Crippen LogP contribution in [0.2, 0.25) is 10.0 Å². The van der Waals surface area contributed by atoms with Crippen LogP contribution < -0.4 is 10.2 Å². The molecule has 1 aliphatic rings. The molecule has 0 bridgehead atoms. The molecule has 0 spiro atoms. The fourth-order valence-corrected chi connectivity index (χ4v) is 3.51. The minimum Gasteiger partial charge on any atom is -0.352 e. The van der Waals surface area contributed by atoms with E-state index in [9.17, 15) is 4.79 Å². The van der Waals surface area contributed by atoms with Crippen LogP contribution in [0.4, 0.5) is 5.95 Å². The summed E-state index contributed by atoms with van der Waals surface area (Å²) in [6, 6.07) is 5.37. The van der Waals surface area contributed by atoms with Crippen molar-refractivity contribution in [2.24, 2.45) is 0 Å². The fourth-order valence-electron chi connectivity index (χ4n) is 3.01. The van der Waals surface area contributed by atoms with Crippen molar-refractivity contribution in [2.45, 2.75) is 32.1 Å². The highest BCUT2D eigenvalue weighted by molar-refractivity contribution is 6.35. The molecule has 0 atom stereocenters. The van der Waals surface area contributed by atoms with Gasteiger partial charge in [-0.05, 0) is 37.0 Å². The van der Waals surface area contributed by atoms with E-state index in [1.165, 1.54) is 25.7 Å². The Kier molecular flexibility index (Phi) is 6.69. The molecule has 2 heterocycles. The zero-order valence-electron chi connectivity index (χ0n) is 14.5. The summed E-state index contributed by atoms with van der Waals surface area (Å²) >= 11 is 12.0. The van der Waals surface area contributed by atoms with Gasteiger partial charge in [-0.25, -0.2) is 9.97 Å². The zero-order valence-corrected chi connectivity index (χ0v) is 16.1. The molecule has 1 saturated heterocycles. The fraction of sp³-hybridized carbons (Fsp3) is 0.421. The Morgan fingerprint density at radius 1 is 1.08 bits per heavy atom. The van der Waals surface area contributed by atoms with Gasteiger partial charge >= 0.3 is 0 Å². The largest absolute Gasteiger partial charge is 0.352 e. The van der Waals surface area contributed by atoms with Gasteiger partial charge in [0.15, 0.2) is 0 Å². The second-order valence-electron chi connectivity index (χ2n) is 6.41. The highest BCUT2D eigenvalue weighted by Crippen LogP contribution is 2.21. The number of rotatable bonds is 5. The summed E-state index contributed by atoms with van der Waals surface area (Å²) in [5.41, 5.74) is 1.41. The second-order valence-corrected chi connectivity index (χ2v) is 7.26. The summed E-state index contributed by atoms with van der Waals surface area (Å²) in [5.74, 6) is 0.522. The molecule has 0 unspecified atom stereocenters. The smallest absolute Gasteiger partial charge is 0.254 e. The molecule has 1 aromatic heterocycles. The van der Waals surface area contributed by atoms with Crippen molar-refractivity contribution < 1.29 is 4.79 Å². The Morgan fingerprint density at radius 2 is 1.77 bits per heavy atom. The number of hydrogen-bond donors (Lipinski definition) is 1. The molecular formula is C19H22Cl2N4O. The van der Waals surface area contributed by atoms with Crippen LogP contribution in [-0.4, -0.2) is 35.5 Å². The maximum Gasteiger partial charge on any atom is 0.254 e. The van der Waals surface area contributed by atoms with E-state index in [1.807, 2.05) is 6.07 Å². The lowest BCUT2D eigenvalue weighted by Crippen LogP contribution is -2.28. The maximum atomic E-state index is 12.3. The first-order valence-corrected chi connectivity index (χ1v) is 9.68. The average molecular weight is 393 g/mol. The molecule has 138 valence electrons. The average Bonchev–Trinajstić information content (AvgIpc) is 2.93. The summed E-state index contributed by atoms with van der Waals surface area (Å²) in [7, 11) is 0. The van der Waals surface area contributed by atoms with Crippen molar-refractivity contribution in [1.29, 1.82) is 0 Å². The Labute approximate surface area is 163 Å². The van der Waals surface area contributed by atoms with Crippen LogP contribution in [0.25, 0.3) is 0 Å². The Morgan fingerprint density at radius 3 is 2.42 bits per heavy atom. The SMILES string of the molecule is O=C(NCCc1ccc(Cl)cc1Cl)c1cnc(N2CCCCCC2)nc1. The van der Waals surface area contributed by atoms with Crippen LogP contribution in [0.15, 0.2) is 30.6 Å². The lowest BCUT2D eigenvalue weighted by atomic mass is 10.1. The first kappa shape index (κ1) is 18.9. The third-order valence-corrected chi connectivity index (χ3v) is 5.07. The van der Waals surface area contributed by atoms with Crippen molar-refractivity contribution in [3.05, 3.63) is 51.8 Å². The highest BCUT2D eigenvalue weighted by atomic mass is 35.5. The van der Waals surface area contributed by atoms with Crippen LogP contribution in [0.3, 0.4) is 0 Å². The van der Waals surface area contributed by atoms with Gasteiger partial charge in [0.1, 0.15) is 0 Å². The summed E-state index contributed by atoms with van der Waals surface area (Å²) in [5, 5.41) is 4.08. The van der Waals surface area contributed by atoms with Gasteiger partial charge in [-0.2, -0.15) is 0 Å². The van der Waals surface area contributed by atoms with E-state index < -0.39 is 0 Å². The molecule has 1 N–H and O–H groups in total. The van der Waals surface area contributed by atoms with E-state index in [0.29, 0.717) is 34.5 Å². The molecule has 26 heavy (non-hydrogen) atoms. The van der Waals surface area contributed by atoms with Crippen molar-refractivity contribution >= 4 is 35.1 Å². The molecule has 5 nitrogen and oxygen atoms in total. The predicted octanol–water partition coefficient (Wildman–Crippen LogP) is 4.14. The summed E-state index contributed by atoms with van der Waals surface area (Å²) in [6.45, 7) is 2.44. The number of halogens is 2. The normalized spacial score (nSPS) is 14.8. The van der Waals surface area contributed by atoms with Crippen LogP contribution in [-0.2, 0) is 6.42 Å². The molecule has 1 fully saturated rings. The number of benzene rings is 1. The lowest BCUT2D eigenvalue weighted by Gasteiger charge is -2.19. The standard InChI is InChI=1S/C19H22Cl2N4O/c20-16-6-5-14(17(21)11-16)7-8-22-18(26)15-12-23-19(24-13-15)25-9-3-1-2-4-10-25/h5-6,11-13H,1-4,7-10H2,(H,22,26). The minimum absolute atomic E-state index is 0.183. The number of carbonyl (C=O) groups is 1. The number of hydrogen-bond acceptors (Lipinski definition) is 4. The topological polar surface area (TPSA) is 58.1 Å². The Hall–Kier alpha value is -1.85. The number of carbonyl (C=O) groups excluding carboxylic acids is 1. The van der Waals surface area contributed by atoms with Crippen molar-refractivity contribution in [3.8, 4) is 0 Å². The highest BCUT2D eigenvalue weighted by Gasteiger charge is 2.13. The quantitative estimate of drug-likeness (QED) is 0.830. The molecule has 1 aliphatic heterocycles. The van der Waals surface area contributed by atoms with Gasteiger partial charge in [-0.15, -0.1) is 0 Å². The van der Waals surface area contributed by atoms with Gasteiger partial charge in [0.25, 0.3) is 5.91 Å². The second kappa shape index (κ2) is 9.19. The van der Waals surface area contributed by atoms with Crippen molar-refractivity contribution in [2.75, 3.05) is 24.5 Å². The molecule has 1 amide bonds. The monoisotopic (exact) mass is 392 g/mol. The van der Waals surface area contributed by atoms with E-state index in [-0.39, 0.29) is 5.91 Å². The number of nitrogens with one attached hydrogen (secondary N) is 1. The molecule has 0 radical (unpaired) electrons. The van der Waals surface area contributed by atoms with Gasteiger partial charge in [0.05, 0.1) is 5.56 Å². The van der Waals surface area contributed by atoms with E-state index in [1.54, 1.807) is 24.5 Å². The van der Waals surface area contributed by atoms with Crippen LogP contribution in [0.1, 0.15) is 41.6 Å². The first-order chi connectivity index (χ1) is 12.6. The van der Waals surface area contributed by atoms with Crippen molar-refractivity contribution in [1.82, 2.24) is 15.3 Å². The summed E-state index contributed by atoms with van der Waals surface area (Å²) in [4.78, 5) is 23.2. The van der Waals surface area contributed by atoms with Gasteiger partial charge in [0, 0.05) is 42.1 Å². The molecule has 0 aliphatic carbocycles. The number of nitrogens with zero attached hydrogens (tertiary/aromatic N) is 3. The summed E-state index contributed by atoms with van der Waals surface area (Å²) in [6.07, 6.45) is 8.67. The van der Waals surface area contributed by atoms with E-state index in [0.717, 1.165) is 18.7 Å². The lowest BCUT2D eigenvalue weighted by molar-refractivity contribution is 0.0953. The maximum absolute atomic E-state index is 12.3. The molecule has 0 saturated carbocycles. The van der Waals surface area contributed by atoms with Gasteiger partial charge in [0.2, 0.25) is 5.95 Å². The van der Waals surface area contributed by atoms with Gasteiger partial charge in [-0.1, -0.05) is 42.1 Å². The third-order valence-electron chi connectivity index (χ3n) is 4.48. The number of aromatic nitrogens is 2. The summed E-state index contributed by atoms with van der Waals surface area (Å²) < 4.78 is 0. The Bertz CT molecular complexity index is 744. The molecule has 7 heteroatoms. The van der Waals surface area contributed by atoms with E-state index in [4.69, 9.17) is 23.2 Å². The van der Waals surface area contributed by atoms with Gasteiger partial charge < -0.3 is 10.2 Å². The van der Waals surface area contributed by atoms with E-state index in [2.05, 4.69) is 20.2 Å². The van der Waals surface area contributed by atoms with Crippen LogP contribution >= 0.6 is 23.2 Å². The molecule has 3 rings (SSSR count). The number of anilines is 1.